The fraction of sp³-hybridized carbons (Fsp3) is 0.647. The number of amides is 3. The Morgan fingerprint density at radius 2 is 2.24 bits per heavy atom. The smallest absolute Gasteiger partial charge is 0.323 e. The van der Waals surface area contributed by atoms with Crippen LogP contribution in [0.5, 0.6) is 0 Å². The Morgan fingerprint density at radius 3 is 2.88 bits per heavy atom. The summed E-state index contributed by atoms with van der Waals surface area (Å²) in [6, 6.07) is 1.79. The second kappa shape index (κ2) is 6.84. The number of likely N-dealkylation sites (N-methyl/N-ethyl adjacent to an activating group) is 1. The van der Waals surface area contributed by atoms with Crippen molar-refractivity contribution in [2.45, 2.75) is 38.8 Å². The lowest BCUT2D eigenvalue weighted by atomic mass is 9.80. The quantitative estimate of drug-likeness (QED) is 0.797. The topological polar surface area (TPSA) is 94.3 Å². The third kappa shape index (κ3) is 3.24. The van der Waals surface area contributed by atoms with Crippen molar-refractivity contribution >= 4 is 11.9 Å². The van der Waals surface area contributed by atoms with Crippen LogP contribution in [0.25, 0.3) is 0 Å². The first-order valence-electron chi connectivity index (χ1n) is 8.77. The maximum atomic E-state index is 12.7. The number of imide groups is 1. The van der Waals surface area contributed by atoms with Crippen LogP contribution in [0.15, 0.2) is 12.4 Å². The third-order valence-electron chi connectivity index (χ3n) is 5.35. The number of piperidine rings is 1. The molecule has 0 bridgehead atoms. The van der Waals surface area contributed by atoms with Gasteiger partial charge in [-0.25, -0.2) is 4.79 Å². The summed E-state index contributed by atoms with van der Waals surface area (Å²) in [5.41, 5.74) is -0.256. The fourth-order valence-electron chi connectivity index (χ4n) is 3.80. The molecular formula is C17H24N6O2. The van der Waals surface area contributed by atoms with Gasteiger partial charge in [0, 0.05) is 31.7 Å². The molecule has 0 radical (unpaired) electrons. The molecule has 1 aromatic heterocycles. The monoisotopic (exact) mass is 344 g/mol. The number of carbonyl (C=O) groups excluding carboxylic acids is 2. The van der Waals surface area contributed by atoms with Crippen molar-refractivity contribution in [3.8, 4) is 6.07 Å². The predicted octanol–water partition coefficient (Wildman–Crippen LogP) is 0.797. The van der Waals surface area contributed by atoms with Gasteiger partial charge in [-0.15, -0.1) is 0 Å². The highest BCUT2D eigenvalue weighted by molar-refractivity contribution is 6.07. The zero-order valence-electron chi connectivity index (χ0n) is 14.7. The number of hydrogen-bond donors (Lipinski definition) is 1. The van der Waals surface area contributed by atoms with Crippen LogP contribution in [-0.2, 0) is 11.3 Å². The molecule has 2 fully saturated rings. The van der Waals surface area contributed by atoms with Crippen molar-refractivity contribution in [1.29, 1.82) is 5.26 Å². The number of aromatic nitrogens is 2. The minimum Gasteiger partial charge on any atom is -0.323 e. The molecule has 8 heteroatoms. The van der Waals surface area contributed by atoms with Gasteiger partial charge in [-0.1, -0.05) is 0 Å². The molecule has 2 atom stereocenters. The van der Waals surface area contributed by atoms with E-state index in [2.05, 4.69) is 21.4 Å². The number of urea groups is 1. The minimum atomic E-state index is -0.814. The molecular weight excluding hydrogens is 320 g/mol. The number of nitrogens with zero attached hydrogens (tertiary/aromatic N) is 5. The van der Waals surface area contributed by atoms with E-state index in [9.17, 15) is 9.59 Å². The molecule has 0 unspecified atom stereocenters. The molecule has 0 aromatic carbocycles. The van der Waals surface area contributed by atoms with Crippen LogP contribution >= 0.6 is 0 Å². The lowest BCUT2D eigenvalue weighted by molar-refractivity contribution is -0.133. The Bertz CT molecular complexity index is 708. The summed E-state index contributed by atoms with van der Waals surface area (Å²) in [5, 5.41) is 15.9. The second-order valence-electron chi connectivity index (χ2n) is 6.93. The number of rotatable bonds is 5. The van der Waals surface area contributed by atoms with Gasteiger partial charge in [0.1, 0.15) is 11.6 Å². The first-order chi connectivity index (χ1) is 12.0. The van der Waals surface area contributed by atoms with Crippen molar-refractivity contribution in [2.24, 2.45) is 5.92 Å². The summed E-state index contributed by atoms with van der Waals surface area (Å²) >= 11 is 0. The zero-order valence-corrected chi connectivity index (χ0v) is 14.7. The van der Waals surface area contributed by atoms with E-state index in [1.165, 1.54) is 4.90 Å². The number of likely N-dealkylation sites (tertiary alicyclic amines) is 1. The molecule has 0 spiro atoms. The number of nitriles is 1. The summed E-state index contributed by atoms with van der Waals surface area (Å²) < 4.78 is 1.77. The van der Waals surface area contributed by atoms with Crippen molar-refractivity contribution in [3.05, 3.63) is 18.0 Å². The van der Waals surface area contributed by atoms with Gasteiger partial charge in [0.15, 0.2) is 0 Å². The summed E-state index contributed by atoms with van der Waals surface area (Å²) in [6.45, 7) is 7.31. The van der Waals surface area contributed by atoms with Gasteiger partial charge < -0.3 is 10.2 Å². The molecule has 1 aromatic rings. The zero-order chi connectivity index (χ0) is 18.0. The van der Waals surface area contributed by atoms with Crippen molar-refractivity contribution in [2.75, 3.05) is 26.2 Å². The lowest BCUT2D eigenvalue weighted by Crippen LogP contribution is -2.56. The van der Waals surface area contributed by atoms with Gasteiger partial charge in [-0.2, -0.15) is 10.4 Å². The van der Waals surface area contributed by atoms with Gasteiger partial charge in [-0.3, -0.25) is 14.4 Å². The number of nitrogens with one attached hydrogen (secondary N) is 1. The standard InChI is InChI=1S/C17H24N6O2/c1-3-23-15(24)17(2,20-16(23)25)14-5-4-6-21(12-14)7-8-22-11-13(9-18)10-19-22/h10-11,14H,3-8,12H2,1-2H3,(H,20,25)/t14-,17-/m1/s1. The maximum absolute atomic E-state index is 12.7. The molecule has 1 N–H and O–H groups in total. The lowest BCUT2D eigenvalue weighted by Gasteiger charge is -2.39. The first-order valence-corrected chi connectivity index (χ1v) is 8.77. The summed E-state index contributed by atoms with van der Waals surface area (Å²) in [6.07, 6.45) is 5.23. The molecule has 2 aliphatic heterocycles. The Labute approximate surface area is 147 Å². The molecule has 25 heavy (non-hydrogen) atoms. The van der Waals surface area contributed by atoms with Crippen LogP contribution in [0.2, 0.25) is 0 Å². The van der Waals surface area contributed by atoms with Gasteiger partial charge in [0.2, 0.25) is 0 Å². The SMILES string of the molecule is CCN1C(=O)N[C@](C)([C@@H]2CCCN(CCn3cc(C#N)cn3)C2)C1=O. The van der Waals surface area contributed by atoms with Gasteiger partial charge in [0.25, 0.3) is 5.91 Å². The van der Waals surface area contributed by atoms with E-state index in [0.717, 1.165) is 32.5 Å². The van der Waals surface area contributed by atoms with E-state index in [1.807, 2.05) is 13.8 Å². The van der Waals surface area contributed by atoms with Crippen LogP contribution in [-0.4, -0.2) is 63.2 Å². The largest absolute Gasteiger partial charge is 0.325 e. The van der Waals surface area contributed by atoms with Crippen LogP contribution < -0.4 is 5.32 Å². The van der Waals surface area contributed by atoms with E-state index < -0.39 is 5.54 Å². The van der Waals surface area contributed by atoms with Crippen LogP contribution in [0, 0.1) is 17.2 Å². The van der Waals surface area contributed by atoms with Crippen molar-refractivity contribution in [1.82, 2.24) is 24.9 Å². The van der Waals surface area contributed by atoms with E-state index in [0.29, 0.717) is 18.7 Å². The highest BCUT2D eigenvalue weighted by Gasteiger charge is 2.52. The summed E-state index contributed by atoms with van der Waals surface area (Å²) in [4.78, 5) is 28.3. The van der Waals surface area contributed by atoms with Crippen molar-refractivity contribution < 1.29 is 9.59 Å². The van der Waals surface area contributed by atoms with Crippen LogP contribution in [0.1, 0.15) is 32.3 Å². The fourth-order valence-corrected chi connectivity index (χ4v) is 3.80. The molecule has 134 valence electrons. The molecule has 2 saturated heterocycles. The Kier molecular flexibility index (Phi) is 4.77. The molecule has 0 saturated carbocycles. The second-order valence-corrected chi connectivity index (χ2v) is 6.93. The Morgan fingerprint density at radius 1 is 1.44 bits per heavy atom. The molecule has 3 rings (SSSR count). The average Bonchev–Trinajstić information content (AvgIpc) is 3.16. The van der Waals surface area contributed by atoms with Crippen molar-refractivity contribution in [3.63, 3.8) is 0 Å². The van der Waals surface area contributed by atoms with E-state index in [1.54, 1.807) is 17.1 Å². The maximum Gasteiger partial charge on any atom is 0.325 e. The molecule has 3 heterocycles. The minimum absolute atomic E-state index is 0.0986. The molecule has 8 nitrogen and oxygen atoms in total. The summed E-state index contributed by atoms with van der Waals surface area (Å²) in [7, 11) is 0. The summed E-state index contributed by atoms with van der Waals surface area (Å²) in [5.74, 6) is -0.0147. The predicted molar refractivity (Wildman–Crippen MR) is 90.4 cm³/mol. The van der Waals surface area contributed by atoms with Gasteiger partial charge in [0.05, 0.1) is 18.3 Å². The van der Waals surface area contributed by atoms with Gasteiger partial charge >= 0.3 is 6.03 Å². The normalized spacial score (nSPS) is 27.4. The van der Waals surface area contributed by atoms with E-state index >= 15 is 0 Å². The Balaban J connectivity index is 1.62. The number of hydrogen-bond acceptors (Lipinski definition) is 5. The van der Waals surface area contributed by atoms with E-state index in [4.69, 9.17) is 5.26 Å². The van der Waals surface area contributed by atoms with Gasteiger partial charge in [-0.05, 0) is 33.2 Å². The molecule has 0 aliphatic carbocycles. The molecule has 3 amide bonds. The van der Waals surface area contributed by atoms with E-state index in [-0.39, 0.29) is 17.9 Å². The highest BCUT2D eigenvalue weighted by Crippen LogP contribution is 2.32. The first kappa shape index (κ1) is 17.4. The highest BCUT2D eigenvalue weighted by atomic mass is 16.2. The Hall–Kier alpha value is -2.40. The number of carbonyl (C=O) groups is 2. The van der Waals surface area contributed by atoms with Crippen LogP contribution in [0.3, 0.4) is 0 Å². The van der Waals surface area contributed by atoms with Crippen LogP contribution in [0.4, 0.5) is 4.79 Å². The molecule has 2 aliphatic rings. The average molecular weight is 344 g/mol. The third-order valence-corrected chi connectivity index (χ3v) is 5.35.